The first-order chi connectivity index (χ1) is 10.2. The second kappa shape index (κ2) is 7.41. The highest BCUT2D eigenvalue weighted by molar-refractivity contribution is 5.87. The zero-order valence-electron chi connectivity index (χ0n) is 12.1. The van der Waals surface area contributed by atoms with E-state index in [4.69, 9.17) is 5.11 Å². The van der Waals surface area contributed by atoms with Gasteiger partial charge >= 0.3 is 0 Å². The van der Waals surface area contributed by atoms with E-state index in [0.29, 0.717) is 6.54 Å². The number of fused-ring (bicyclic) bond motifs is 1. The fourth-order valence-corrected chi connectivity index (χ4v) is 2.15. The van der Waals surface area contributed by atoms with E-state index >= 15 is 0 Å². The first kappa shape index (κ1) is 15.0. The Hall–Kier alpha value is -2.39. The lowest BCUT2D eigenvalue weighted by Gasteiger charge is -2.18. The van der Waals surface area contributed by atoms with Crippen LogP contribution in [0, 0.1) is 0 Å². The summed E-state index contributed by atoms with van der Waals surface area (Å²) in [4.78, 5) is 12.2. The van der Waals surface area contributed by atoms with E-state index in [-0.39, 0.29) is 6.61 Å². The monoisotopic (exact) mass is 281 g/mol. The van der Waals surface area contributed by atoms with Crippen LogP contribution in [-0.4, -0.2) is 31.6 Å². The summed E-state index contributed by atoms with van der Waals surface area (Å²) in [5.74, 6) is 0. The molecule has 21 heavy (non-hydrogen) atoms. The van der Waals surface area contributed by atoms with Crippen LogP contribution in [-0.2, 0) is 4.79 Å². The van der Waals surface area contributed by atoms with E-state index in [0.717, 1.165) is 28.3 Å². The van der Waals surface area contributed by atoms with Gasteiger partial charge in [-0.05, 0) is 40.6 Å². The molecule has 0 aliphatic heterocycles. The van der Waals surface area contributed by atoms with Crippen LogP contribution in [0.3, 0.4) is 0 Å². The lowest BCUT2D eigenvalue weighted by Crippen LogP contribution is -2.20. The van der Waals surface area contributed by atoms with E-state index in [1.165, 1.54) is 6.08 Å². The predicted octanol–water partition coefficient (Wildman–Crippen LogP) is 3.04. The largest absolute Gasteiger partial charge is 0.395 e. The summed E-state index contributed by atoms with van der Waals surface area (Å²) < 4.78 is 0. The number of aliphatic hydroxyl groups is 1. The van der Waals surface area contributed by atoms with Crippen LogP contribution >= 0.6 is 0 Å². The smallest absolute Gasteiger partial charge is 0.142 e. The third-order valence-electron chi connectivity index (χ3n) is 3.31. The number of carbonyl (C=O) groups excluding carboxylic acids is 1. The number of aldehydes is 1. The van der Waals surface area contributed by atoms with E-state index < -0.39 is 0 Å². The van der Waals surface area contributed by atoms with Crippen LogP contribution in [0.5, 0.6) is 0 Å². The van der Waals surface area contributed by atoms with Crippen molar-refractivity contribution in [2.45, 2.75) is 0 Å². The van der Waals surface area contributed by atoms with Gasteiger partial charge in [-0.1, -0.05) is 36.4 Å². The Morgan fingerprint density at radius 1 is 1.05 bits per heavy atom. The highest BCUT2D eigenvalue weighted by Gasteiger charge is 2.01. The van der Waals surface area contributed by atoms with Crippen molar-refractivity contribution in [1.82, 2.24) is 0 Å². The van der Waals surface area contributed by atoms with Crippen molar-refractivity contribution in [3.8, 4) is 0 Å². The van der Waals surface area contributed by atoms with Crippen molar-refractivity contribution in [3.05, 3.63) is 60.2 Å². The molecule has 0 aliphatic rings. The number of aliphatic hydroxyl groups excluding tert-OH is 1. The molecule has 0 aromatic heterocycles. The van der Waals surface area contributed by atoms with Gasteiger partial charge in [0.05, 0.1) is 6.61 Å². The molecule has 0 radical (unpaired) electrons. The Morgan fingerprint density at radius 3 is 2.57 bits per heavy atom. The number of nitrogens with zero attached hydrogens (tertiary/aromatic N) is 1. The molecule has 0 aliphatic carbocycles. The third kappa shape index (κ3) is 4.04. The first-order valence-electron chi connectivity index (χ1n) is 6.89. The molecule has 0 amide bonds. The van der Waals surface area contributed by atoms with Gasteiger partial charge in [0.25, 0.3) is 0 Å². The van der Waals surface area contributed by atoms with E-state index in [1.54, 1.807) is 6.08 Å². The summed E-state index contributed by atoms with van der Waals surface area (Å²) in [5, 5.41) is 11.3. The van der Waals surface area contributed by atoms with Crippen molar-refractivity contribution >= 4 is 28.8 Å². The molecule has 2 aromatic carbocycles. The Balaban J connectivity index is 2.25. The fraction of sp³-hybridized carbons (Fsp3) is 0.167. The number of benzene rings is 2. The number of anilines is 1. The molecule has 0 atom stereocenters. The van der Waals surface area contributed by atoms with Gasteiger partial charge < -0.3 is 10.0 Å². The number of rotatable bonds is 6. The summed E-state index contributed by atoms with van der Waals surface area (Å²) in [6, 6.07) is 12.5. The first-order valence-corrected chi connectivity index (χ1v) is 6.89. The Bertz CT molecular complexity index is 674. The van der Waals surface area contributed by atoms with Gasteiger partial charge in [0.1, 0.15) is 6.29 Å². The molecule has 0 heterocycles. The van der Waals surface area contributed by atoms with Crippen molar-refractivity contribution in [3.63, 3.8) is 0 Å². The molecule has 0 saturated carbocycles. The van der Waals surface area contributed by atoms with Crippen LogP contribution < -0.4 is 4.90 Å². The highest BCUT2D eigenvalue weighted by Crippen LogP contribution is 2.23. The molecule has 0 fully saturated rings. The molecular weight excluding hydrogens is 262 g/mol. The number of likely N-dealkylation sites (N-methyl/N-ethyl adjacent to an activating group) is 1. The molecule has 2 rings (SSSR count). The summed E-state index contributed by atoms with van der Waals surface area (Å²) in [6.07, 6.45) is 7.74. The summed E-state index contributed by atoms with van der Waals surface area (Å²) >= 11 is 0. The average Bonchev–Trinajstić information content (AvgIpc) is 2.51. The topological polar surface area (TPSA) is 40.5 Å². The fourth-order valence-electron chi connectivity index (χ4n) is 2.15. The molecule has 3 heteroatoms. The summed E-state index contributed by atoms with van der Waals surface area (Å²) in [7, 11) is 1.97. The Kier molecular flexibility index (Phi) is 5.29. The molecule has 0 spiro atoms. The molecule has 0 saturated heterocycles. The minimum Gasteiger partial charge on any atom is -0.395 e. The van der Waals surface area contributed by atoms with Gasteiger partial charge in [0.15, 0.2) is 0 Å². The lowest BCUT2D eigenvalue weighted by molar-refractivity contribution is -0.104. The molecule has 0 unspecified atom stereocenters. The normalized spacial score (nSPS) is 11.5. The number of hydrogen-bond donors (Lipinski definition) is 1. The second-order valence-corrected chi connectivity index (χ2v) is 4.82. The Labute approximate surface area is 124 Å². The van der Waals surface area contributed by atoms with E-state index in [2.05, 4.69) is 30.3 Å². The van der Waals surface area contributed by atoms with Crippen molar-refractivity contribution < 1.29 is 9.90 Å². The molecule has 2 aromatic rings. The minimum atomic E-state index is 0.145. The van der Waals surface area contributed by atoms with Gasteiger partial charge in [0, 0.05) is 19.3 Å². The molecule has 3 nitrogen and oxygen atoms in total. The van der Waals surface area contributed by atoms with E-state index in [1.807, 2.05) is 30.2 Å². The molecular formula is C18H19NO2. The van der Waals surface area contributed by atoms with Crippen LogP contribution in [0.2, 0.25) is 0 Å². The maximum atomic E-state index is 10.2. The van der Waals surface area contributed by atoms with Crippen LogP contribution in [0.15, 0.2) is 54.6 Å². The Morgan fingerprint density at radius 2 is 1.81 bits per heavy atom. The second-order valence-electron chi connectivity index (χ2n) is 4.82. The van der Waals surface area contributed by atoms with Crippen LogP contribution in [0.25, 0.3) is 16.8 Å². The highest BCUT2D eigenvalue weighted by atomic mass is 16.3. The third-order valence-corrected chi connectivity index (χ3v) is 3.31. The molecule has 108 valence electrons. The van der Waals surface area contributed by atoms with Gasteiger partial charge in [0.2, 0.25) is 0 Å². The van der Waals surface area contributed by atoms with Crippen molar-refractivity contribution in [1.29, 1.82) is 0 Å². The maximum absolute atomic E-state index is 10.2. The minimum absolute atomic E-state index is 0.145. The zero-order chi connectivity index (χ0) is 15.1. The number of carbonyl (C=O) groups is 1. The van der Waals surface area contributed by atoms with Gasteiger partial charge in [-0.2, -0.15) is 0 Å². The van der Waals surface area contributed by atoms with Crippen molar-refractivity contribution in [2.24, 2.45) is 0 Å². The molecule has 1 N–H and O–H groups in total. The average molecular weight is 281 g/mol. The van der Waals surface area contributed by atoms with Crippen LogP contribution in [0.1, 0.15) is 5.56 Å². The van der Waals surface area contributed by atoms with Gasteiger partial charge in [-0.15, -0.1) is 0 Å². The van der Waals surface area contributed by atoms with Crippen molar-refractivity contribution in [2.75, 3.05) is 25.1 Å². The number of allylic oxidation sites excluding steroid dienone is 3. The molecule has 0 bridgehead atoms. The zero-order valence-corrected chi connectivity index (χ0v) is 12.1. The number of hydrogen-bond acceptors (Lipinski definition) is 3. The maximum Gasteiger partial charge on any atom is 0.142 e. The SMILES string of the molecule is CN(CCO)c1ccc2cc(/C=C/C=C/C=O)ccc2c1. The quantitative estimate of drug-likeness (QED) is 0.502. The lowest BCUT2D eigenvalue weighted by atomic mass is 10.1. The van der Waals surface area contributed by atoms with Gasteiger partial charge in [-0.25, -0.2) is 0 Å². The van der Waals surface area contributed by atoms with Crippen LogP contribution in [0.4, 0.5) is 5.69 Å². The predicted molar refractivity (Wildman–Crippen MR) is 88.5 cm³/mol. The van der Waals surface area contributed by atoms with E-state index in [9.17, 15) is 4.79 Å². The standard InChI is InChI=1S/C18H19NO2/c1-19(10-12-21)18-9-8-16-13-15(5-3-2-4-11-20)6-7-17(16)14-18/h2-9,11,13-14,21H,10,12H2,1H3/b4-2+,5-3+. The van der Waals surface area contributed by atoms with Gasteiger partial charge in [-0.3, -0.25) is 4.79 Å². The summed E-state index contributed by atoms with van der Waals surface area (Å²) in [6.45, 7) is 0.766. The summed E-state index contributed by atoms with van der Waals surface area (Å²) in [5.41, 5.74) is 2.18.